The SMILES string of the molecule is CC(C)C(NC(=O)C(Cc1c[nH]c2ccccc12)NC(=O)C(Cc1cnc[nH]1)NC(=O)C(N)Cc1ccc(O)cc1)C(=O)O. The number of aromatic amines is 2. The van der Waals surface area contributed by atoms with Crippen molar-refractivity contribution in [1.29, 1.82) is 0 Å². The Labute approximate surface area is 253 Å². The summed E-state index contributed by atoms with van der Waals surface area (Å²) in [6.45, 7) is 3.34. The zero-order valence-corrected chi connectivity index (χ0v) is 24.4. The fraction of sp³-hybridized carbons (Fsp3) is 0.323. The van der Waals surface area contributed by atoms with E-state index in [0.29, 0.717) is 11.3 Å². The van der Waals surface area contributed by atoms with Crippen LogP contribution in [0.15, 0.2) is 67.3 Å². The summed E-state index contributed by atoms with van der Waals surface area (Å²) in [5.41, 5.74) is 9.01. The van der Waals surface area contributed by atoms with Gasteiger partial charge in [-0.25, -0.2) is 9.78 Å². The van der Waals surface area contributed by atoms with Crippen LogP contribution in [0.25, 0.3) is 10.9 Å². The molecule has 2 heterocycles. The number of aromatic nitrogens is 3. The van der Waals surface area contributed by atoms with Crippen molar-refractivity contribution < 1.29 is 29.4 Å². The van der Waals surface area contributed by atoms with Gasteiger partial charge in [-0.1, -0.05) is 44.2 Å². The average molecular weight is 604 g/mol. The minimum absolute atomic E-state index is 0.0225. The van der Waals surface area contributed by atoms with Gasteiger partial charge in [0.05, 0.1) is 12.4 Å². The van der Waals surface area contributed by atoms with E-state index in [9.17, 15) is 29.4 Å². The number of H-pyrrole nitrogens is 2. The van der Waals surface area contributed by atoms with Gasteiger partial charge >= 0.3 is 5.97 Å². The third-order valence-corrected chi connectivity index (χ3v) is 7.30. The van der Waals surface area contributed by atoms with Crippen LogP contribution >= 0.6 is 0 Å². The molecule has 0 spiro atoms. The lowest BCUT2D eigenvalue weighted by Crippen LogP contribution is -2.58. The van der Waals surface area contributed by atoms with E-state index < -0.39 is 53.8 Å². The molecular weight excluding hydrogens is 566 g/mol. The Morgan fingerprint density at radius 1 is 0.864 bits per heavy atom. The number of hydrogen-bond donors (Lipinski definition) is 8. The maximum atomic E-state index is 13.8. The quantitative estimate of drug-likeness (QED) is 0.104. The van der Waals surface area contributed by atoms with Gasteiger partial charge in [0.1, 0.15) is 23.9 Å². The Kier molecular flexibility index (Phi) is 10.3. The van der Waals surface area contributed by atoms with Crippen LogP contribution in [0, 0.1) is 5.92 Å². The molecule has 4 rings (SSSR count). The summed E-state index contributed by atoms with van der Waals surface area (Å²) in [6.07, 6.45) is 4.92. The van der Waals surface area contributed by atoms with Crippen LogP contribution in [0.2, 0.25) is 0 Å². The number of carbonyl (C=O) groups excluding carboxylic acids is 3. The van der Waals surface area contributed by atoms with Crippen molar-refractivity contribution in [2.45, 2.75) is 57.3 Å². The number of aromatic hydroxyl groups is 1. The van der Waals surface area contributed by atoms with Crippen LogP contribution in [0.4, 0.5) is 0 Å². The summed E-state index contributed by atoms with van der Waals surface area (Å²) in [5, 5.41) is 28.0. The number of nitrogens with two attached hydrogens (primary N) is 1. The number of para-hydroxylation sites is 1. The Hall–Kier alpha value is -5.17. The van der Waals surface area contributed by atoms with E-state index in [1.165, 1.54) is 24.7 Å². The minimum atomic E-state index is -1.20. The minimum Gasteiger partial charge on any atom is -0.508 e. The van der Waals surface area contributed by atoms with Crippen molar-refractivity contribution in [3.63, 3.8) is 0 Å². The van der Waals surface area contributed by atoms with E-state index >= 15 is 0 Å². The van der Waals surface area contributed by atoms with Crippen molar-refractivity contribution in [3.8, 4) is 5.75 Å². The molecule has 0 aliphatic carbocycles. The highest BCUT2D eigenvalue weighted by Gasteiger charge is 2.32. The first-order valence-electron chi connectivity index (χ1n) is 14.2. The molecule has 9 N–H and O–H groups in total. The fourth-order valence-corrected chi connectivity index (χ4v) is 4.85. The monoisotopic (exact) mass is 603 g/mol. The molecule has 0 aliphatic rings. The molecule has 0 saturated heterocycles. The van der Waals surface area contributed by atoms with Crippen molar-refractivity contribution in [2.24, 2.45) is 11.7 Å². The molecule has 0 fully saturated rings. The third kappa shape index (κ3) is 8.22. The van der Waals surface area contributed by atoms with Crippen molar-refractivity contribution in [3.05, 3.63) is 84.1 Å². The van der Waals surface area contributed by atoms with Crippen LogP contribution in [-0.4, -0.2) is 73.0 Å². The molecule has 0 saturated carbocycles. The molecule has 0 radical (unpaired) electrons. The highest BCUT2D eigenvalue weighted by atomic mass is 16.4. The lowest BCUT2D eigenvalue weighted by atomic mass is 10.0. The summed E-state index contributed by atoms with van der Waals surface area (Å²) in [7, 11) is 0. The molecule has 0 aliphatic heterocycles. The van der Waals surface area contributed by atoms with Gasteiger partial charge in [0.15, 0.2) is 0 Å². The number of phenols is 1. The maximum absolute atomic E-state index is 13.8. The van der Waals surface area contributed by atoms with Crippen molar-refractivity contribution in [1.82, 2.24) is 30.9 Å². The number of amides is 3. The van der Waals surface area contributed by atoms with E-state index in [0.717, 1.165) is 16.5 Å². The number of rotatable bonds is 14. The van der Waals surface area contributed by atoms with Gasteiger partial charge in [-0.3, -0.25) is 14.4 Å². The Morgan fingerprint density at radius 2 is 1.52 bits per heavy atom. The Balaban J connectivity index is 1.56. The molecule has 3 amide bonds. The smallest absolute Gasteiger partial charge is 0.326 e. The third-order valence-electron chi connectivity index (χ3n) is 7.30. The molecule has 0 bridgehead atoms. The normalized spacial score (nSPS) is 14.0. The number of hydrogen-bond acceptors (Lipinski definition) is 7. The maximum Gasteiger partial charge on any atom is 0.326 e. The number of nitrogens with zero attached hydrogens (tertiary/aromatic N) is 1. The standard InChI is InChI=1S/C31H37N7O6/c1-17(2)27(31(43)44)38-30(42)25(12-19-14-34-24-6-4-3-5-22(19)24)37-29(41)26(13-20-15-33-16-35-20)36-28(40)23(32)11-18-7-9-21(39)10-8-18/h3-10,14-17,23,25-27,34,39H,11-13,32H2,1-2H3,(H,33,35)(H,36,40)(H,37,41)(H,38,42)(H,43,44). The second kappa shape index (κ2) is 14.3. The number of nitrogens with one attached hydrogen (secondary N) is 5. The second-order valence-electron chi connectivity index (χ2n) is 11.0. The number of aliphatic carboxylic acids is 1. The first-order chi connectivity index (χ1) is 21.0. The van der Waals surface area contributed by atoms with Crippen LogP contribution in [-0.2, 0) is 38.4 Å². The van der Waals surface area contributed by atoms with Gasteiger partial charge in [0.25, 0.3) is 0 Å². The molecule has 4 aromatic rings. The zero-order chi connectivity index (χ0) is 31.8. The first-order valence-corrected chi connectivity index (χ1v) is 14.2. The summed E-state index contributed by atoms with van der Waals surface area (Å²) in [6, 6.07) is 9.23. The molecule has 232 valence electrons. The molecule has 13 nitrogen and oxygen atoms in total. The van der Waals surface area contributed by atoms with Gasteiger partial charge in [0.2, 0.25) is 17.7 Å². The van der Waals surface area contributed by atoms with Crippen molar-refractivity contribution in [2.75, 3.05) is 0 Å². The van der Waals surface area contributed by atoms with Crippen LogP contribution in [0.1, 0.15) is 30.7 Å². The molecule has 13 heteroatoms. The summed E-state index contributed by atoms with van der Waals surface area (Å²) >= 11 is 0. The summed E-state index contributed by atoms with van der Waals surface area (Å²) in [4.78, 5) is 62.3. The molecule has 44 heavy (non-hydrogen) atoms. The molecule has 4 atom stereocenters. The largest absolute Gasteiger partial charge is 0.508 e. The Morgan fingerprint density at radius 3 is 2.18 bits per heavy atom. The lowest BCUT2D eigenvalue weighted by molar-refractivity contribution is -0.143. The Bertz CT molecular complexity index is 1580. The number of carbonyl (C=O) groups is 4. The lowest BCUT2D eigenvalue weighted by Gasteiger charge is -2.26. The first kappa shape index (κ1) is 31.8. The molecule has 2 aromatic carbocycles. The van der Waals surface area contributed by atoms with E-state index in [4.69, 9.17) is 5.73 Å². The predicted octanol–water partition coefficient (Wildman–Crippen LogP) is 1.15. The highest BCUT2D eigenvalue weighted by Crippen LogP contribution is 2.20. The van der Waals surface area contributed by atoms with Gasteiger partial charge in [-0.15, -0.1) is 0 Å². The van der Waals surface area contributed by atoms with Crippen molar-refractivity contribution >= 4 is 34.6 Å². The van der Waals surface area contributed by atoms with E-state index in [1.807, 2.05) is 24.3 Å². The van der Waals surface area contributed by atoms with E-state index in [2.05, 4.69) is 30.9 Å². The van der Waals surface area contributed by atoms with E-state index in [1.54, 1.807) is 32.2 Å². The number of carboxylic acids is 1. The molecule has 2 aromatic heterocycles. The molecular formula is C31H37N7O6. The molecule has 4 unspecified atom stereocenters. The van der Waals surface area contributed by atoms with Gasteiger partial charge < -0.3 is 41.9 Å². The van der Waals surface area contributed by atoms with E-state index in [-0.39, 0.29) is 25.0 Å². The van der Waals surface area contributed by atoms with Crippen LogP contribution in [0.5, 0.6) is 5.75 Å². The fourth-order valence-electron chi connectivity index (χ4n) is 4.85. The summed E-state index contributed by atoms with van der Waals surface area (Å²) < 4.78 is 0. The summed E-state index contributed by atoms with van der Waals surface area (Å²) in [5.74, 6) is -3.47. The van der Waals surface area contributed by atoms with Gasteiger partial charge in [-0.2, -0.15) is 0 Å². The second-order valence-corrected chi connectivity index (χ2v) is 11.0. The number of benzene rings is 2. The number of fused-ring (bicyclic) bond motifs is 1. The van der Waals surface area contributed by atoms with Crippen LogP contribution < -0.4 is 21.7 Å². The number of phenolic OH excluding ortho intramolecular Hbond substituents is 1. The topological polar surface area (TPSA) is 215 Å². The number of imidazole rings is 1. The van der Waals surface area contributed by atoms with Crippen LogP contribution in [0.3, 0.4) is 0 Å². The number of carboxylic acid groups (broad SMARTS) is 1. The average Bonchev–Trinajstić information content (AvgIpc) is 3.66. The van der Waals surface area contributed by atoms with Gasteiger partial charge in [0, 0.05) is 41.8 Å². The predicted molar refractivity (Wildman–Crippen MR) is 162 cm³/mol. The highest BCUT2D eigenvalue weighted by molar-refractivity contribution is 5.95. The zero-order valence-electron chi connectivity index (χ0n) is 24.4. The van der Waals surface area contributed by atoms with Gasteiger partial charge in [-0.05, 0) is 41.7 Å².